The van der Waals surface area contributed by atoms with Crippen molar-refractivity contribution in [3.05, 3.63) is 34.9 Å². The van der Waals surface area contributed by atoms with Gasteiger partial charge in [-0.3, -0.25) is 9.59 Å². The molecule has 1 N–H and O–H groups in total. The van der Waals surface area contributed by atoms with Crippen molar-refractivity contribution in [2.75, 3.05) is 32.7 Å². The SMILES string of the molecule is Cl.O=C(O)CCCCN1CCCN(C(=O)c2cccc(Cl)c2)CC1. The van der Waals surface area contributed by atoms with Crippen molar-refractivity contribution < 1.29 is 14.7 Å². The van der Waals surface area contributed by atoms with Crippen LogP contribution >= 0.6 is 24.0 Å². The fourth-order valence-electron chi connectivity index (χ4n) is 2.81. The molecule has 1 aromatic carbocycles. The van der Waals surface area contributed by atoms with Crippen LogP contribution in [0, 0.1) is 0 Å². The molecule has 7 heteroatoms. The van der Waals surface area contributed by atoms with E-state index in [4.69, 9.17) is 16.7 Å². The molecule has 5 nitrogen and oxygen atoms in total. The summed E-state index contributed by atoms with van der Waals surface area (Å²) in [4.78, 5) is 27.2. The van der Waals surface area contributed by atoms with Gasteiger partial charge in [-0.15, -0.1) is 12.4 Å². The number of benzene rings is 1. The second-order valence-electron chi connectivity index (χ2n) is 5.85. The summed E-state index contributed by atoms with van der Waals surface area (Å²) in [5, 5.41) is 9.23. The molecule has 1 aromatic rings. The summed E-state index contributed by atoms with van der Waals surface area (Å²) in [5.74, 6) is -0.709. The summed E-state index contributed by atoms with van der Waals surface area (Å²) < 4.78 is 0. The minimum absolute atomic E-state index is 0. The van der Waals surface area contributed by atoms with Gasteiger partial charge < -0.3 is 14.9 Å². The van der Waals surface area contributed by atoms with Gasteiger partial charge in [0.25, 0.3) is 5.91 Å². The van der Waals surface area contributed by atoms with Gasteiger partial charge >= 0.3 is 5.97 Å². The molecule has 134 valence electrons. The zero-order valence-corrected chi connectivity index (χ0v) is 15.2. The maximum Gasteiger partial charge on any atom is 0.303 e. The maximum absolute atomic E-state index is 12.5. The van der Waals surface area contributed by atoms with E-state index >= 15 is 0 Å². The van der Waals surface area contributed by atoms with Crippen LogP contribution in [-0.2, 0) is 4.79 Å². The fraction of sp³-hybridized carbons (Fsp3) is 0.529. The predicted molar refractivity (Wildman–Crippen MR) is 97.1 cm³/mol. The van der Waals surface area contributed by atoms with Crippen LogP contribution in [0.15, 0.2) is 24.3 Å². The van der Waals surface area contributed by atoms with Gasteiger partial charge in [-0.1, -0.05) is 17.7 Å². The van der Waals surface area contributed by atoms with Crippen LogP contribution in [0.2, 0.25) is 5.02 Å². The third kappa shape index (κ3) is 6.67. The lowest BCUT2D eigenvalue weighted by Gasteiger charge is -2.22. The average Bonchev–Trinajstić information content (AvgIpc) is 2.76. The van der Waals surface area contributed by atoms with Gasteiger partial charge in [-0.05, 0) is 50.6 Å². The van der Waals surface area contributed by atoms with E-state index in [2.05, 4.69) is 4.90 Å². The zero-order valence-electron chi connectivity index (χ0n) is 13.6. The topological polar surface area (TPSA) is 60.9 Å². The van der Waals surface area contributed by atoms with Crippen molar-refractivity contribution >= 4 is 35.9 Å². The van der Waals surface area contributed by atoms with Crippen LogP contribution in [0.5, 0.6) is 0 Å². The molecule has 0 saturated carbocycles. The van der Waals surface area contributed by atoms with Crippen LogP contribution in [0.3, 0.4) is 0 Å². The number of carboxylic acid groups (broad SMARTS) is 1. The first-order valence-electron chi connectivity index (χ1n) is 8.05. The number of halogens is 2. The van der Waals surface area contributed by atoms with Gasteiger partial charge in [-0.25, -0.2) is 0 Å². The zero-order chi connectivity index (χ0) is 16.7. The predicted octanol–water partition coefficient (Wildman–Crippen LogP) is 3.16. The van der Waals surface area contributed by atoms with Crippen LogP contribution in [-0.4, -0.2) is 59.5 Å². The molecule has 0 bridgehead atoms. The number of carboxylic acids is 1. The Hall–Kier alpha value is -1.30. The van der Waals surface area contributed by atoms with Crippen LogP contribution < -0.4 is 0 Å². The van der Waals surface area contributed by atoms with E-state index in [0.717, 1.165) is 39.0 Å². The average molecular weight is 375 g/mol. The normalized spacial score (nSPS) is 15.5. The Morgan fingerprint density at radius 1 is 1.12 bits per heavy atom. The van der Waals surface area contributed by atoms with Crippen molar-refractivity contribution in [3.8, 4) is 0 Å². The fourth-order valence-corrected chi connectivity index (χ4v) is 3.00. The van der Waals surface area contributed by atoms with E-state index in [1.54, 1.807) is 24.3 Å². The summed E-state index contributed by atoms with van der Waals surface area (Å²) in [6, 6.07) is 7.06. The van der Waals surface area contributed by atoms with E-state index in [1.165, 1.54) is 0 Å². The number of hydrogen-bond donors (Lipinski definition) is 1. The van der Waals surface area contributed by atoms with Gasteiger partial charge in [-0.2, -0.15) is 0 Å². The van der Waals surface area contributed by atoms with Gasteiger partial charge in [0.1, 0.15) is 0 Å². The molecule has 1 fully saturated rings. The number of carbonyl (C=O) groups is 2. The van der Waals surface area contributed by atoms with Crippen molar-refractivity contribution in [3.63, 3.8) is 0 Å². The summed E-state index contributed by atoms with van der Waals surface area (Å²) in [6.45, 7) is 4.12. The Balaban J connectivity index is 0.00000288. The Kier molecular flexibility index (Phi) is 9.11. The minimum Gasteiger partial charge on any atom is -0.481 e. The second-order valence-corrected chi connectivity index (χ2v) is 6.29. The molecule has 0 radical (unpaired) electrons. The number of carbonyl (C=O) groups excluding carboxylic acids is 1. The molecule has 0 unspecified atom stereocenters. The summed E-state index contributed by atoms with van der Waals surface area (Å²) >= 11 is 5.96. The maximum atomic E-state index is 12.5. The van der Waals surface area contributed by atoms with Crippen LogP contribution in [0.1, 0.15) is 36.0 Å². The molecule has 0 atom stereocenters. The van der Waals surface area contributed by atoms with Crippen molar-refractivity contribution in [1.29, 1.82) is 0 Å². The first-order chi connectivity index (χ1) is 11.1. The van der Waals surface area contributed by atoms with E-state index < -0.39 is 5.97 Å². The van der Waals surface area contributed by atoms with Crippen molar-refractivity contribution in [1.82, 2.24) is 9.80 Å². The van der Waals surface area contributed by atoms with Crippen molar-refractivity contribution in [2.45, 2.75) is 25.7 Å². The number of amides is 1. The molecular weight excluding hydrogens is 351 g/mol. The molecule has 0 aliphatic carbocycles. The monoisotopic (exact) mass is 374 g/mol. The molecule has 1 saturated heterocycles. The lowest BCUT2D eigenvalue weighted by atomic mass is 10.2. The molecule has 24 heavy (non-hydrogen) atoms. The first kappa shape index (κ1) is 20.7. The Labute approximate surface area is 154 Å². The first-order valence-corrected chi connectivity index (χ1v) is 8.43. The van der Waals surface area contributed by atoms with E-state index in [1.807, 2.05) is 4.90 Å². The molecular formula is C17H24Cl2N2O3. The lowest BCUT2D eigenvalue weighted by Crippen LogP contribution is -2.35. The van der Waals surface area contributed by atoms with Gasteiger partial charge in [0, 0.05) is 36.6 Å². The number of unbranched alkanes of at least 4 members (excludes halogenated alkanes) is 1. The van der Waals surface area contributed by atoms with Crippen LogP contribution in [0.4, 0.5) is 0 Å². The molecule has 0 aromatic heterocycles. The third-order valence-electron chi connectivity index (χ3n) is 4.06. The Morgan fingerprint density at radius 3 is 2.62 bits per heavy atom. The molecule has 1 heterocycles. The largest absolute Gasteiger partial charge is 0.481 e. The molecule has 0 spiro atoms. The van der Waals surface area contributed by atoms with Gasteiger partial charge in [0.05, 0.1) is 0 Å². The Bertz CT molecular complexity index is 554. The van der Waals surface area contributed by atoms with Crippen molar-refractivity contribution in [2.24, 2.45) is 0 Å². The second kappa shape index (κ2) is 10.5. The minimum atomic E-state index is -0.737. The number of hydrogen-bond acceptors (Lipinski definition) is 3. The summed E-state index contributed by atoms with van der Waals surface area (Å²) in [6.07, 6.45) is 2.75. The highest BCUT2D eigenvalue weighted by Crippen LogP contribution is 2.14. The van der Waals surface area contributed by atoms with E-state index in [9.17, 15) is 9.59 Å². The lowest BCUT2D eigenvalue weighted by molar-refractivity contribution is -0.137. The quantitative estimate of drug-likeness (QED) is 0.776. The van der Waals surface area contributed by atoms with E-state index in [-0.39, 0.29) is 24.7 Å². The molecule has 1 amide bonds. The number of rotatable bonds is 6. The Morgan fingerprint density at radius 2 is 1.92 bits per heavy atom. The van der Waals surface area contributed by atoms with Gasteiger partial charge in [0.2, 0.25) is 0 Å². The van der Waals surface area contributed by atoms with Gasteiger partial charge in [0.15, 0.2) is 0 Å². The summed E-state index contributed by atoms with van der Waals surface area (Å²) in [7, 11) is 0. The number of nitrogens with zero attached hydrogens (tertiary/aromatic N) is 2. The smallest absolute Gasteiger partial charge is 0.303 e. The third-order valence-corrected chi connectivity index (χ3v) is 4.30. The number of aliphatic carboxylic acids is 1. The summed E-state index contributed by atoms with van der Waals surface area (Å²) in [5.41, 5.74) is 0.632. The highest BCUT2D eigenvalue weighted by Gasteiger charge is 2.20. The standard InChI is InChI=1S/C17H23ClN2O3.ClH/c18-15-6-3-5-14(13-15)17(23)20-10-4-9-19(11-12-20)8-2-1-7-16(21)22;/h3,5-6,13H,1-2,4,7-12H2,(H,21,22);1H. The highest BCUT2D eigenvalue weighted by atomic mass is 35.5. The van der Waals surface area contributed by atoms with E-state index in [0.29, 0.717) is 23.6 Å². The highest BCUT2D eigenvalue weighted by molar-refractivity contribution is 6.30. The van der Waals surface area contributed by atoms with Crippen LogP contribution in [0.25, 0.3) is 0 Å². The molecule has 1 aliphatic heterocycles. The molecule has 1 aliphatic rings. The molecule has 2 rings (SSSR count).